The minimum atomic E-state index is -1.45. The molecule has 1 aromatic carbocycles. The monoisotopic (exact) mass is 453 g/mol. The van der Waals surface area contributed by atoms with Crippen molar-refractivity contribution in [2.24, 2.45) is 0 Å². The molecule has 0 heterocycles. The van der Waals surface area contributed by atoms with Gasteiger partial charge in [-0.3, -0.25) is 9.59 Å². The number of urea groups is 1. The Kier molecular flexibility index (Phi) is 14.3. The molecule has 0 unspecified atom stereocenters. The van der Waals surface area contributed by atoms with Gasteiger partial charge in [-0.1, -0.05) is 32.0 Å². The molecule has 0 aliphatic carbocycles. The van der Waals surface area contributed by atoms with Gasteiger partial charge in [-0.05, 0) is 37.8 Å². The van der Waals surface area contributed by atoms with Crippen LogP contribution in [-0.4, -0.2) is 63.8 Å². The Morgan fingerprint density at radius 2 is 1.34 bits per heavy atom. The number of carbonyl (C=O) groups is 5. The summed E-state index contributed by atoms with van der Waals surface area (Å²) in [7, 11) is 0. The number of hydrogen-bond acceptors (Lipinski definition) is 5. The molecule has 0 aliphatic heterocycles. The van der Waals surface area contributed by atoms with Gasteiger partial charge in [0.25, 0.3) is 5.91 Å². The van der Waals surface area contributed by atoms with Crippen LogP contribution in [0.1, 0.15) is 56.3 Å². The van der Waals surface area contributed by atoms with Gasteiger partial charge in [0.05, 0.1) is 0 Å². The smallest absolute Gasteiger partial charge is 0.326 e. The van der Waals surface area contributed by atoms with E-state index in [0.717, 1.165) is 0 Å². The minimum absolute atomic E-state index is 0.0663. The number of rotatable bonds is 13. The molecule has 0 fully saturated rings. The number of carbonyl (C=O) groups excluding carboxylic acids is 2. The number of unbranched alkanes of at least 4 members (excludes halogenated alkanes) is 1. The number of benzene rings is 1. The largest absolute Gasteiger partial charge is 0.481 e. The molecule has 11 heteroatoms. The van der Waals surface area contributed by atoms with Gasteiger partial charge in [-0.25, -0.2) is 14.4 Å². The second-order valence-corrected chi connectivity index (χ2v) is 6.45. The second-order valence-electron chi connectivity index (χ2n) is 6.45. The molecule has 0 spiro atoms. The lowest BCUT2D eigenvalue weighted by atomic mass is 10.1. The predicted octanol–water partition coefficient (Wildman–Crippen LogP) is 1.68. The van der Waals surface area contributed by atoms with Crippen molar-refractivity contribution in [1.29, 1.82) is 0 Å². The minimum Gasteiger partial charge on any atom is -0.481 e. The first-order valence-corrected chi connectivity index (χ1v) is 10.3. The maximum atomic E-state index is 11.9. The highest BCUT2D eigenvalue weighted by Crippen LogP contribution is 2.04. The zero-order chi connectivity index (χ0) is 24.5. The van der Waals surface area contributed by atoms with Crippen LogP contribution in [0.4, 0.5) is 4.79 Å². The molecule has 32 heavy (non-hydrogen) atoms. The molecule has 1 rings (SSSR count). The molecule has 0 saturated heterocycles. The van der Waals surface area contributed by atoms with E-state index in [1.807, 2.05) is 13.8 Å². The number of carboxylic acids is 3. The normalized spacial score (nSPS) is 11.7. The van der Waals surface area contributed by atoms with Crippen molar-refractivity contribution in [2.45, 2.75) is 58.0 Å². The summed E-state index contributed by atoms with van der Waals surface area (Å²) in [4.78, 5) is 56.7. The fourth-order valence-corrected chi connectivity index (χ4v) is 2.51. The Morgan fingerprint density at radius 1 is 0.812 bits per heavy atom. The first kappa shape index (κ1) is 28.4. The third kappa shape index (κ3) is 12.2. The average Bonchev–Trinajstić information content (AvgIpc) is 2.76. The lowest BCUT2D eigenvalue weighted by Gasteiger charge is -2.18. The molecule has 0 aliphatic rings. The Balaban J connectivity index is 0.00000466. The standard InChI is InChI=1S/C19H25N3O8.C2H6/c23-15(24)10-9-14(18(28)29)22-19(30)21-13(17(26)27)8-4-5-11-20-16(25)12-6-2-1-3-7-12;1-2/h1-3,6-7,13-14H,4-5,8-11H2,(H,20,25)(H,23,24)(H,26,27)(H,28,29)(H2,21,22,30);1-2H3/t13-,14-;/m0./s1. The van der Waals surface area contributed by atoms with Crippen molar-refractivity contribution in [2.75, 3.05) is 6.54 Å². The van der Waals surface area contributed by atoms with Crippen LogP contribution < -0.4 is 16.0 Å². The topological polar surface area (TPSA) is 182 Å². The summed E-state index contributed by atoms with van der Waals surface area (Å²) in [6, 6.07) is 4.86. The number of hydrogen-bond donors (Lipinski definition) is 6. The van der Waals surface area contributed by atoms with Gasteiger partial charge in [0, 0.05) is 18.5 Å². The maximum Gasteiger partial charge on any atom is 0.326 e. The van der Waals surface area contributed by atoms with Crippen molar-refractivity contribution < 1.29 is 39.3 Å². The molecule has 11 nitrogen and oxygen atoms in total. The Bertz CT molecular complexity index is 755. The van der Waals surface area contributed by atoms with Crippen LogP contribution in [0.2, 0.25) is 0 Å². The fourth-order valence-electron chi connectivity index (χ4n) is 2.51. The van der Waals surface area contributed by atoms with E-state index in [0.29, 0.717) is 24.9 Å². The Morgan fingerprint density at radius 3 is 1.84 bits per heavy atom. The Hall–Kier alpha value is -3.63. The van der Waals surface area contributed by atoms with Gasteiger partial charge < -0.3 is 31.3 Å². The summed E-state index contributed by atoms with van der Waals surface area (Å²) in [5.74, 6) is -4.18. The van der Waals surface area contributed by atoms with Crippen molar-refractivity contribution in [3.8, 4) is 0 Å². The van der Waals surface area contributed by atoms with Gasteiger partial charge in [0.1, 0.15) is 12.1 Å². The number of nitrogens with one attached hydrogen (secondary N) is 3. The third-order valence-corrected chi connectivity index (χ3v) is 4.09. The van der Waals surface area contributed by atoms with Crippen LogP contribution in [0, 0.1) is 0 Å². The van der Waals surface area contributed by atoms with Gasteiger partial charge >= 0.3 is 23.9 Å². The molecular formula is C21H31N3O8. The highest BCUT2D eigenvalue weighted by Gasteiger charge is 2.24. The summed E-state index contributed by atoms with van der Waals surface area (Å²) in [5.41, 5.74) is 0.509. The maximum absolute atomic E-state index is 11.9. The summed E-state index contributed by atoms with van der Waals surface area (Å²) < 4.78 is 0. The van der Waals surface area contributed by atoms with Crippen molar-refractivity contribution in [3.63, 3.8) is 0 Å². The summed E-state index contributed by atoms with van der Waals surface area (Å²) >= 11 is 0. The zero-order valence-corrected chi connectivity index (χ0v) is 18.2. The van der Waals surface area contributed by atoms with E-state index < -0.39 is 42.4 Å². The summed E-state index contributed by atoms with van der Waals surface area (Å²) in [5, 5.41) is 33.8. The zero-order valence-electron chi connectivity index (χ0n) is 18.2. The van der Waals surface area contributed by atoms with Gasteiger partial charge in [-0.2, -0.15) is 0 Å². The number of carboxylic acid groups (broad SMARTS) is 3. The molecule has 1 aromatic rings. The van der Waals surface area contributed by atoms with E-state index in [1.54, 1.807) is 30.3 Å². The molecule has 6 N–H and O–H groups in total. The first-order chi connectivity index (χ1) is 15.2. The quantitative estimate of drug-likeness (QED) is 0.244. The summed E-state index contributed by atoms with van der Waals surface area (Å²) in [6.45, 7) is 4.32. The predicted molar refractivity (Wildman–Crippen MR) is 115 cm³/mol. The van der Waals surface area contributed by atoms with E-state index in [-0.39, 0.29) is 18.7 Å². The fraction of sp³-hybridized carbons (Fsp3) is 0.476. The average molecular weight is 453 g/mol. The molecule has 0 bridgehead atoms. The van der Waals surface area contributed by atoms with Crippen molar-refractivity contribution in [1.82, 2.24) is 16.0 Å². The first-order valence-electron chi connectivity index (χ1n) is 10.3. The van der Waals surface area contributed by atoms with E-state index in [4.69, 9.17) is 10.2 Å². The Labute approximate surface area is 186 Å². The second kappa shape index (κ2) is 16.1. The highest BCUT2D eigenvalue weighted by atomic mass is 16.4. The van der Waals surface area contributed by atoms with Gasteiger partial charge in [0.2, 0.25) is 0 Å². The molecule has 3 amide bonds. The molecule has 178 valence electrons. The van der Waals surface area contributed by atoms with E-state index in [2.05, 4.69) is 16.0 Å². The van der Waals surface area contributed by atoms with Crippen LogP contribution in [0.3, 0.4) is 0 Å². The van der Waals surface area contributed by atoms with Crippen LogP contribution >= 0.6 is 0 Å². The number of amides is 3. The van der Waals surface area contributed by atoms with Gasteiger partial charge in [0.15, 0.2) is 0 Å². The van der Waals surface area contributed by atoms with Crippen LogP contribution in [-0.2, 0) is 14.4 Å². The SMILES string of the molecule is CC.O=C(O)CC[C@H](NC(=O)N[C@@H](CCCCNC(=O)c1ccccc1)C(=O)O)C(=O)O. The van der Waals surface area contributed by atoms with Crippen molar-refractivity contribution >= 4 is 29.8 Å². The van der Waals surface area contributed by atoms with Crippen LogP contribution in [0.15, 0.2) is 30.3 Å². The number of aliphatic carboxylic acids is 3. The molecular weight excluding hydrogens is 422 g/mol. The van der Waals surface area contributed by atoms with E-state index >= 15 is 0 Å². The lowest BCUT2D eigenvalue weighted by Crippen LogP contribution is -2.51. The molecule has 0 saturated carbocycles. The molecule has 0 radical (unpaired) electrons. The summed E-state index contributed by atoms with van der Waals surface area (Å²) in [6.07, 6.45) is 0.123. The third-order valence-electron chi connectivity index (χ3n) is 4.09. The highest BCUT2D eigenvalue weighted by molar-refractivity contribution is 5.94. The molecule has 2 atom stereocenters. The molecule has 0 aromatic heterocycles. The van der Waals surface area contributed by atoms with Gasteiger partial charge in [-0.15, -0.1) is 0 Å². The lowest BCUT2D eigenvalue weighted by molar-refractivity contribution is -0.140. The van der Waals surface area contributed by atoms with Crippen LogP contribution in [0.5, 0.6) is 0 Å². The van der Waals surface area contributed by atoms with E-state index in [1.165, 1.54) is 0 Å². The van der Waals surface area contributed by atoms with E-state index in [9.17, 15) is 29.1 Å². The van der Waals surface area contributed by atoms with Crippen molar-refractivity contribution in [3.05, 3.63) is 35.9 Å². The van der Waals surface area contributed by atoms with Crippen LogP contribution in [0.25, 0.3) is 0 Å².